The normalized spacial score (nSPS) is 15.3. The average Bonchev–Trinajstić information content (AvgIpc) is 3.34. The Kier molecular flexibility index (Phi) is 4.47. The summed E-state index contributed by atoms with van der Waals surface area (Å²) in [6.07, 6.45) is 5.08. The Bertz CT molecular complexity index is 879. The van der Waals surface area contributed by atoms with Crippen molar-refractivity contribution in [2.45, 2.75) is 32.2 Å². The van der Waals surface area contributed by atoms with Crippen LogP contribution in [-0.4, -0.2) is 54.3 Å². The van der Waals surface area contributed by atoms with Gasteiger partial charge in [-0.05, 0) is 36.1 Å². The molecule has 0 spiro atoms. The summed E-state index contributed by atoms with van der Waals surface area (Å²) in [5, 5.41) is 18.8. The second-order valence-corrected chi connectivity index (χ2v) is 6.63. The van der Waals surface area contributed by atoms with E-state index < -0.39 is 0 Å². The summed E-state index contributed by atoms with van der Waals surface area (Å²) < 4.78 is 0. The third-order valence-electron chi connectivity index (χ3n) is 5.03. The number of carbonyl (C=O) groups excluding carboxylic acids is 1. The molecule has 1 fully saturated rings. The van der Waals surface area contributed by atoms with Crippen LogP contribution in [0, 0.1) is 6.92 Å². The van der Waals surface area contributed by atoms with E-state index in [1.54, 1.807) is 0 Å². The van der Waals surface area contributed by atoms with Crippen molar-refractivity contribution in [1.29, 1.82) is 0 Å². The Morgan fingerprint density at radius 1 is 1.23 bits per heavy atom. The van der Waals surface area contributed by atoms with Gasteiger partial charge in [0.2, 0.25) is 5.91 Å². The molecule has 26 heavy (non-hydrogen) atoms. The van der Waals surface area contributed by atoms with Crippen molar-refractivity contribution in [2.75, 3.05) is 13.1 Å². The molecule has 0 unspecified atom stereocenters. The standard InChI is InChI=1S/C18H21N7O/c1-13-4-2-3-5-15(13)16-10-19-22-18(16)14-6-8-24(9-7-14)17(26)11-25-21-12-20-23-25/h2-5,10,12,14H,6-9,11H2,1H3,(H,19,22). The highest BCUT2D eigenvalue weighted by molar-refractivity contribution is 5.76. The smallest absolute Gasteiger partial charge is 0.246 e. The molecule has 2 aromatic heterocycles. The molecule has 0 radical (unpaired) electrons. The lowest BCUT2D eigenvalue weighted by molar-refractivity contribution is -0.133. The van der Waals surface area contributed by atoms with Gasteiger partial charge in [0.25, 0.3) is 0 Å². The molecule has 1 saturated heterocycles. The minimum atomic E-state index is 0.0326. The largest absolute Gasteiger partial charge is 0.341 e. The summed E-state index contributed by atoms with van der Waals surface area (Å²) in [5.41, 5.74) is 4.79. The van der Waals surface area contributed by atoms with Crippen molar-refractivity contribution in [3.8, 4) is 11.1 Å². The highest BCUT2D eigenvalue weighted by Crippen LogP contribution is 2.35. The van der Waals surface area contributed by atoms with Crippen LogP contribution in [0.5, 0.6) is 0 Å². The summed E-state index contributed by atoms with van der Waals surface area (Å²) in [5.74, 6) is 0.408. The third-order valence-corrected chi connectivity index (χ3v) is 5.03. The Hall–Kier alpha value is -3.03. The molecule has 3 heterocycles. The van der Waals surface area contributed by atoms with Crippen molar-refractivity contribution >= 4 is 5.91 Å². The number of aromatic nitrogens is 6. The lowest BCUT2D eigenvalue weighted by Gasteiger charge is -2.32. The maximum atomic E-state index is 12.4. The Morgan fingerprint density at radius 2 is 2.04 bits per heavy atom. The fraction of sp³-hybridized carbons (Fsp3) is 0.389. The van der Waals surface area contributed by atoms with Gasteiger partial charge in [0.15, 0.2) is 6.33 Å². The van der Waals surface area contributed by atoms with E-state index in [0.717, 1.165) is 25.9 Å². The number of nitrogens with zero attached hydrogens (tertiary/aromatic N) is 6. The predicted octanol–water partition coefficient (Wildman–Crippen LogP) is 1.78. The monoisotopic (exact) mass is 351 g/mol. The summed E-state index contributed by atoms with van der Waals surface area (Å²) >= 11 is 0. The van der Waals surface area contributed by atoms with Gasteiger partial charge in [-0.1, -0.05) is 24.3 Å². The Morgan fingerprint density at radius 3 is 2.77 bits per heavy atom. The maximum absolute atomic E-state index is 12.4. The SMILES string of the molecule is Cc1ccccc1-c1cn[nH]c1C1CCN(C(=O)Cn2ncnn2)CC1. The first-order chi connectivity index (χ1) is 12.7. The van der Waals surface area contributed by atoms with Gasteiger partial charge in [0, 0.05) is 30.3 Å². The molecule has 8 nitrogen and oxygen atoms in total. The van der Waals surface area contributed by atoms with Crippen LogP contribution in [0.25, 0.3) is 11.1 Å². The van der Waals surface area contributed by atoms with Gasteiger partial charge in [-0.15, -0.1) is 10.2 Å². The third kappa shape index (κ3) is 3.22. The Balaban J connectivity index is 1.44. The van der Waals surface area contributed by atoms with Crippen LogP contribution in [0.4, 0.5) is 0 Å². The summed E-state index contributed by atoms with van der Waals surface area (Å²) in [6, 6.07) is 8.35. The number of amides is 1. The number of hydrogen-bond acceptors (Lipinski definition) is 5. The Labute approximate surface area is 151 Å². The first kappa shape index (κ1) is 16.4. The van der Waals surface area contributed by atoms with E-state index in [1.807, 2.05) is 17.2 Å². The van der Waals surface area contributed by atoms with Crippen LogP contribution in [-0.2, 0) is 11.3 Å². The van der Waals surface area contributed by atoms with Crippen LogP contribution in [0.15, 0.2) is 36.8 Å². The number of piperidine rings is 1. The van der Waals surface area contributed by atoms with Crippen LogP contribution < -0.4 is 0 Å². The average molecular weight is 351 g/mol. The molecule has 4 rings (SSSR count). The van der Waals surface area contributed by atoms with Crippen LogP contribution in [0.2, 0.25) is 0 Å². The van der Waals surface area contributed by atoms with E-state index in [0.29, 0.717) is 5.92 Å². The lowest BCUT2D eigenvalue weighted by atomic mass is 9.88. The topological polar surface area (TPSA) is 92.6 Å². The number of H-pyrrole nitrogens is 1. The molecule has 0 bridgehead atoms. The molecule has 1 amide bonds. The van der Waals surface area contributed by atoms with Crippen molar-refractivity contribution in [2.24, 2.45) is 0 Å². The van der Waals surface area contributed by atoms with Gasteiger partial charge in [-0.25, -0.2) is 0 Å². The van der Waals surface area contributed by atoms with Crippen molar-refractivity contribution < 1.29 is 4.79 Å². The molecule has 8 heteroatoms. The number of nitrogens with one attached hydrogen (secondary N) is 1. The molecular formula is C18H21N7O. The van der Waals surface area contributed by atoms with Crippen molar-refractivity contribution in [3.63, 3.8) is 0 Å². The number of benzene rings is 1. The van der Waals surface area contributed by atoms with Gasteiger partial charge in [-0.3, -0.25) is 9.89 Å². The summed E-state index contributed by atoms with van der Waals surface area (Å²) in [6.45, 7) is 3.71. The highest BCUT2D eigenvalue weighted by atomic mass is 16.2. The molecule has 0 saturated carbocycles. The first-order valence-electron chi connectivity index (χ1n) is 8.80. The first-order valence-corrected chi connectivity index (χ1v) is 8.80. The number of aromatic amines is 1. The molecule has 0 atom stereocenters. The quantitative estimate of drug-likeness (QED) is 0.773. The molecule has 1 N–H and O–H groups in total. The second kappa shape index (κ2) is 7.07. The lowest BCUT2D eigenvalue weighted by Crippen LogP contribution is -2.40. The number of aryl methyl sites for hydroxylation is 1. The van der Waals surface area contributed by atoms with Gasteiger partial charge in [0.1, 0.15) is 6.54 Å². The molecule has 134 valence electrons. The number of tetrazole rings is 1. The molecule has 1 aromatic carbocycles. The highest BCUT2D eigenvalue weighted by Gasteiger charge is 2.27. The number of rotatable bonds is 4. The second-order valence-electron chi connectivity index (χ2n) is 6.63. The zero-order valence-corrected chi connectivity index (χ0v) is 14.7. The van der Waals surface area contributed by atoms with E-state index in [9.17, 15) is 4.79 Å². The zero-order chi connectivity index (χ0) is 17.9. The number of likely N-dealkylation sites (tertiary alicyclic amines) is 1. The van der Waals surface area contributed by atoms with Crippen LogP contribution >= 0.6 is 0 Å². The minimum absolute atomic E-state index is 0.0326. The molecular weight excluding hydrogens is 330 g/mol. The fourth-order valence-electron chi connectivity index (χ4n) is 3.60. The van der Waals surface area contributed by atoms with E-state index in [2.05, 4.69) is 50.7 Å². The van der Waals surface area contributed by atoms with E-state index in [-0.39, 0.29) is 12.5 Å². The molecule has 1 aliphatic rings. The van der Waals surface area contributed by atoms with Gasteiger partial charge in [0.05, 0.1) is 6.20 Å². The molecule has 0 aliphatic carbocycles. The van der Waals surface area contributed by atoms with Crippen molar-refractivity contribution in [3.05, 3.63) is 48.0 Å². The zero-order valence-electron chi connectivity index (χ0n) is 14.7. The number of hydrogen-bond donors (Lipinski definition) is 1. The van der Waals surface area contributed by atoms with E-state index >= 15 is 0 Å². The maximum Gasteiger partial charge on any atom is 0.246 e. The fourth-order valence-corrected chi connectivity index (χ4v) is 3.60. The van der Waals surface area contributed by atoms with Gasteiger partial charge >= 0.3 is 0 Å². The van der Waals surface area contributed by atoms with Gasteiger partial charge in [-0.2, -0.15) is 9.90 Å². The van der Waals surface area contributed by atoms with Gasteiger partial charge < -0.3 is 4.90 Å². The molecule has 1 aliphatic heterocycles. The van der Waals surface area contributed by atoms with Crippen LogP contribution in [0.3, 0.4) is 0 Å². The van der Waals surface area contributed by atoms with E-state index in [4.69, 9.17) is 0 Å². The summed E-state index contributed by atoms with van der Waals surface area (Å²) in [4.78, 5) is 15.6. The summed E-state index contributed by atoms with van der Waals surface area (Å²) in [7, 11) is 0. The van der Waals surface area contributed by atoms with Crippen LogP contribution in [0.1, 0.15) is 30.0 Å². The number of carbonyl (C=O) groups is 1. The van der Waals surface area contributed by atoms with E-state index in [1.165, 1.54) is 33.5 Å². The minimum Gasteiger partial charge on any atom is -0.341 e. The van der Waals surface area contributed by atoms with Crippen molar-refractivity contribution in [1.82, 2.24) is 35.3 Å². The molecule has 3 aromatic rings. The predicted molar refractivity (Wildman–Crippen MR) is 95.1 cm³/mol.